The van der Waals surface area contributed by atoms with Crippen LogP contribution in [-0.2, 0) is 14.6 Å². The Balaban J connectivity index is 2.84. The van der Waals surface area contributed by atoms with E-state index in [0.717, 1.165) is 4.90 Å². The SMILES string of the molecule is CC(=O)C(C)Sc1ccc(S(C)(=O)=O)cc1. The second-order valence-corrected chi connectivity index (χ2v) is 7.04. The van der Waals surface area contributed by atoms with Gasteiger partial charge < -0.3 is 0 Å². The molecule has 1 unspecified atom stereocenters. The molecule has 0 amide bonds. The zero-order chi connectivity index (χ0) is 12.3. The van der Waals surface area contributed by atoms with Gasteiger partial charge in [-0.05, 0) is 38.1 Å². The topological polar surface area (TPSA) is 51.2 Å². The minimum Gasteiger partial charge on any atom is -0.299 e. The van der Waals surface area contributed by atoms with Crippen molar-refractivity contribution in [2.75, 3.05) is 6.26 Å². The fraction of sp³-hybridized carbons (Fsp3) is 0.364. The molecule has 0 fully saturated rings. The van der Waals surface area contributed by atoms with Crippen molar-refractivity contribution in [1.29, 1.82) is 0 Å². The van der Waals surface area contributed by atoms with E-state index in [1.54, 1.807) is 31.2 Å². The van der Waals surface area contributed by atoms with E-state index in [-0.39, 0.29) is 11.0 Å². The zero-order valence-electron chi connectivity index (χ0n) is 9.43. The summed E-state index contributed by atoms with van der Waals surface area (Å²) in [7, 11) is -3.14. The number of carbonyl (C=O) groups excluding carboxylic acids is 1. The summed E-state index contributed by atoms with van der Waals surface area (Å²) in [5, 5.41) is -0.107. The highest BCUT2D eigenvalue weighted by Crippen LogP contribution is 2.24. The molecule has 0 radical (unpaired) electrons. The standard InChI is InChI=1S/C11H14O3S2/c1-8(12)9(2)15-10-4-6-11(7-5-10)16(3,13)14/h4-7,9H,1-3H3. The van der Waals surface area contributed by atoms with E-state index in [0.29, 0.717) is 4.90 Å². The summed E-state index contributed by atoms with van der Waals surface area (Å²) >= 11 is 1.43. The maximum Gasteiger partial charge on any atom is 0.175 e. The van der Waals surface area contributed by atoms with Crippen LogP contribution in [0.3, 0.4) is 0 Å². The smallest absolute Gasteiger partial charge is 0.175 e. The predicted octanol–water partition coefficient (Wildman–Crippen LogP) is 2.16. The summed E-state index contributed by atoms with van der Waals surface area (Å²) in [5.74, 6) is 0.109. The number of hydrogen-bond donors (Lipinski definition) is 0. The van der Waals surface area contributed by atoms with Crippen LogP contribution in [0.25, 0.3) is 0 Å². The van der Waals surface area contributed by atoms with Gasteiger partial charge in [0.2, 0.25) is 0 Å². The van der Waals surface area contributed by atoms with E-state index in [9.17, 15) is 13.2 Å². The largest absolute Gasteiger partial charge is 0.299 e. The Hall–Kier alpha value is -0.810. The highest BCUT2D eigenvalue weighted by atomic mass is 32.2. The van der Waals surface area contributed by atoms with E-state index >= 15 is 0 Å². The van der Waals surface area contributed by atoms with Crippen molar-refractivity contribution in [1.82, 2.24) is 0 Å². The number of ketones is 1. The molecule has 1 aromatic carbocycles. The molecule has 0 aliphatic heterocycles. The Kier molecular flexibility index (Phi) is 4.15. The highest BCUT2D eigenvalue weighted by Gasteiger charge is 2.10. The summed E-state index contributed by atoms with van der Waals surface area (Å²) in [4.78, 5) is 12.3. The Labute approximate surface area is 100 Å². The Morgan fingerprint density at radius 1 is 1.25 bits per heavy atom. The van der Waals surface area contributed by atoms with Crippen LogP contribution in [0.15, 0.2) is 34.1 Å². The maximum atomic E-state index is 11.2. The van der Waals surface area contributed by atoms with Crippen LogP contribution in [0, 0.1) is 0 Å². The van der Waals surface area contributed by atoms with Crippen molar-refractivity contribution in [3.05, 3.63) is 24.3 Å². The van der Waals surface area contributed by atoms with Crippen molar-refractivity contribution in [2.45, 2.75) is 28.9 Å². The van der Waals surface area contributed by atoms with Crippen molar-refractivity contribution in [2.24, 2.45) is 0 Å². The third kappa shape index (κ3) is 3.64. The van der Waals surface area contributed by atoms with Crippen LogP contribution in [-0.4, -0.2) is 25.7 Å². The van der Waals surface area contributed by atoms with Gasteiger partial charge in [-0.25, -0.2) is 8.42 Å². The average molecular weight is 258 g/mol. The molecule has 3 nitrogen and oxygen atoms in total. The summed E-state index contributed by atoms with van der Waals surface area (Å²) in [6.07, 6.45) is 1.17. The second kappa shape index (κ2) is 5.01. The molecule has 5 heteroatoms. The van der Waals surface area contributed by atoms with Crippen molar-refractivity contribution < 1.29 is 13.2 Å². The van der Waals surface area contributed by atoms with Gasteiger partial charge in [-0.15, -0.1) is 11.8 Å². The van der Waals surface area contributed by atoms with Crippen LogP contribution in [0.4, 0.5) is 0 Å². The van der Waals surface area contributed by atoms with Gasteiger partial charge in [0.15, 0.2) is 9.84 Å². The third-order valence-corrected chi connectivity index (χ3v) is 4.50. The summed E-state index contributed by atoms with van der Waals surface area (Å²) in [5.41, 5.74) is 0. The predicted molar refractivity (Wildman–Crippen MR) is 65.6 cm³/mol. The molecule has 0 N–H and O–H groups in total. The Morgan fingerprint density at radius 3 is 2.12 bits per heavy atom. The van der Waals surface area contributed by atoms with Crippen LogP contribution < -0.4 is 0 Å². The molecule has 0 saturated heterocycles. The summed E-state index contributed by atoms with van der Waals surface area (Å²) < 4.78 is 22.4. The van der Waals surface area contributed by atoms with Gasteiger partial charge in [-0.2, -0.15) is 0 Å². The molecule has 0 bridgehead atoms. The lowest BCUT2D eigenvalue weighted by Crippen LogP contribution is -2.07. The van der Waals surface area contributed by atoms with E-state index in [4.69, 9.17) is 0 Å². The molecule has 1 atom stereocenters. The van der Waals surface area contributed by atoms with E-state index in [1.807, 2.05) is 6.92 Å². The Morgan fingerprint density at radius 2 is 1.75 bits per heavy atom. The minimum absolute atomic E-state index is 0.107. The van der Waals surface area contributed by atoms with E-state index < -0.39 is 9.84 Å². The van der Waals surface area contributed by atoms with Crippen molar-refractivity contribution in [3.8, 4) is 0 Å². The molecule has 16 heavy (non-hydrogen) atoms. The van der Waals surface area contributed by atoms with Gasteiger partial charge in [-0.3, -0.25) is 4.79 Å². The first-order valence-electron chi connectivity index (χ1n) is 4.78. The minimum atomic E-state index is -3.14. The highest BCUT2D eigenvalue weighted by molar-refractivity contribution is 8.00. The van der Waals surface area contributed by atoms with Crippen molar-refractivity contribution in [3.63, 3.8) is 0 Å². The average Bonchev–Trinajstić information content (AvgIpc) is 2.17. The quantitative estimate of drug-likeness (QED) is 0.777. The first-order valence-corrected chi connectivity index (χ1v) is 7.55. The van der Waals surface area contributed by atoms with Crippen LogP contribution in [0.2, 0.25) is 0 Å². The molecule has 0 saturated carbocycles. The molecule has 1 aromatic rings. The van der Waals surface area contributed by atoms with E-state index in [1.165, 1.54) is 18.0 Å². The number of sulfone groups is 1. The molecule has 0 spiro atoms. The lowest BCUT2D eigenvalue weighted by atomic mass is 10.3. The molecular weight excluding hydrogens is 244 g/mol. The molecule has 0 heterocycles. The van der Waals surface area contributed by atoms with Gasteiger partial charge in [0.25, 0.3) is 0 Å². The van der Waals surface area contributed by atoms with Gasteiger partial charge in [0.05, 0.1) is 10.1 Å². The van der Waals surface area contributed by atoms with Gasteiger partial charge in [-0.1, -0.05) is 0 Å². The Bertz CT molecular complexity index is 474. The number of hydrogen-bond acceptors (Lipinski definition) is 4. The molecule has 1 rings (SSSR count). The van der Waals surface area contributed by atoms with Crippen LogP contribution >= 0.6 is 11.8 Å². The lowest BCUT2D eigenvalue weighted by molar-refractivity contribution is -0.116. The fourth-order valence-corrected chi connectivity index (χ4v) is 2.55. The zero-order valence-corrected chi connectivity index (χ0v) is 11.1. The monoisotopic (exact) mass is 258 g/mol. The second-order valence-electron chi connectivity index (χ2n) is 3.61. The number of carbonyl (C=O) groups is 1. The maximum absolute atomic E-state index is 11.2. The number of thioether (sulfide) groups is 1. The van der Waals surface area contributed by atoms with Crippen LogP contribution in [0.1, 0.15) is 13.8 Å². The molecule has 0 aliphatic carbocycles. The van der Waals surface area contributed by atoms with E-state index in [2.05, 4.69) is 0 Å². The summed E-state index contributed by atoms with van der Waals surface area (Å²) in [6.45, 7) is 3.38. The molecule has 0 aliphatic rings. The molecule has 0 aromatic heterocycles. The van der Waals surface area contributed by atoms with Gasteiger partial charge in [0, 0.05) is 11.2 Å². The normalized spacial score (nSPS) is 13.4. The van der Waals surface area contributed by atoms with Crippen molar-refractivity contribution >= 4 is 27.4 Å². The number of Topliss-reactive ketones (excluding diaryl/α,β-unsaturated/α-hetero) is 1. The van der Waals surface area contributed by atoms with Crippen LogP contribution in [0.5, 0.6) is 0 Å². The molecule has 88 valence electrons. The first kappa shape index (κ1) is 13.3. The first-order chi connectivity index (χ1) is 7.30. The number of rotatable bonds is 4. The van der Waals surface area contributed by atoms with Gasteiger partial charge in [0.1, 0.15) is 5.78 Å². The lowest BCUT2D eigenvalue weighted by Gasteiger charge is -2.07. The fourth-order valence-electron chi connectivity index (χ4n) is 1.05. The number of benzene rings is 1. The third-order valence-electron chi connectivity index (χ3n) is 2.14. The van der Waals surface area contributed by atoms with Gasteiger partial charge >= 0.3 is 0 Å². The molecular formula is C11H14O3S2. The summed E-state index contributed by atoms with van der Waals surface area (Å²) in [6, 6.07) is 6.57.